The summed E-state index contributed by atoms with van der Waals surface area (Å²) in [5.41, 5.74) is -0.742. The Kier molecular flexibility index (Phi) is 3.36. The van der Waals surface area contributed by atoms with Gasteiger partial charge in [-0.25, -0.2) is 9.68 Å². The summed E-state index contributed by atoms with van der Waals surface area (Å²) in [7, 11) is 1.35. The molecule has 1 atom stereocenters. The van der Waals surface area contributed by atoms with Crippen LogP contribution in [0.1, 0.15) is 39.0 Å². The van der Waals surface area contributed by atoms with Crippen LogP contribution in [0.15, 0.2) is 12.2 Å². The van der Waals surface area contributed by atoms with Gasteiger partial charge in [0.15, 0.2) is 0 Å². The second-order valence-corrected chi connectivity index (χ2v) is 7.65. The number of esters is 1. The van der Waals surface area contributed by atoms with Crippen molar-refractivity contribution in [3.05, 3.63) is 12.2 Å². The van der Waals surface area contributed by atoms with Crippen molar-refractivity contribution >= 4 is 5.97 Å². The van der Waals surface area contributed by atoms with Gasteiger partial charge in [0.2, 0.25) is 5.79 Å². The van der Waals surface area contributed by atoms with E-state index in [9.17, 15) is 4.79 Å². The fraction of sp³-hybridized carbons (Fsp3) is 0.824. The molecule has 5 nitrogen and oxygen atoms in total. The summed E-state index contributed by atoms with van der Waals surface area (Å²) in [5, 5.41) is 0. The average Bonchev–Trinajstić information content (AvgIpc) is 2.52. The Bertz CT molecular complexity index is 459. The van der Waals surface area contributed by atoms with E-state index < -0.39 is 17.4 Å². The van der Waals surface area contributed by atoms with Gasteiger partial charge >= 0.3 is 5.97 Å². The molecule has 1 spiro atoms. The zero-order chi connectivity index (χ0) is 15.4. The number of rotatable bonds is 2. The largest absolute Gasteiger partial charge is 0.466 e. The summed E-state index contributed by atoms with van der Waals surface area (Å²) >= 11 is 0. The van der Waals surface area contributed by atoms with E-state index in [1.165, 1.54) is 45.3 Å². The van der Waals surface area contributed by atoms with Crippen molar-refractivity contribution in [3.63, 3.8) is 0 Å². The van der Waals surface area contributed by atoms with Crippen LogP contribution in [0.3, 0.4) is 0 Å². The molecule has 4 aliphatic carbocycles. The Morgan fingerprint density at radius 1 is 1.09 bits per heavy atom. The summed E-state index contributed by atoms with van der Waals surface area (Å²) in [6.45, 7) is 2.26. The van der Waals surface area contributed by atoms with E-state index in [1.54, 1.807) is 6.08 Å². The molecule has 0 amide bonds. The van der Waals surface area contributed by atoms with Crippen molar-refractivity contribution in [2.45, 2.75) is 50.4 Å². The lowest BCUT2D eigenvalue weighted by Gasteiger charge is -2.61. The van der Waals surface area contributed by atoms with Crippen LogP contribution in [-0.2, 0) is 24.0 Å². The van der Waals surface area contributed by atoms with Gasteiger partial charge < -0.3 is 9.47 Å². The van der Waals surface area contributed by atoms with Crippen LogP contribution in [0.4, 0.5) is 0 Å². The van der Waals surface area contributed by atoms with Crippen molar-refractivity contribution in [2.24, 2.45) is 23.7 Å². The van der Waals surface area contributed by atoms with Crippen molar-refractivity contribution in [1.29, 1.82) is 0 Å². The number of hydrogen-bond acceptors (Lipinski definition) is 5. The summed E-state index contributed by atoms with van der Waals surface area (Å²) in [6, 6.07) is 0. The van der Waals surface area contributed by atoms with E-state index in [4.69, 9.17) is 14.5 Å². The molecule has 5 fully saturated rings. The van der Waals surface area contributed by atoms with Gasteiger partial charge in [-0.3, -0.25) is 0 Å². The van der Waals surface area contributed by atoms with E-state index >= 15 is 0 Å². The van der Waals surface area contributed by atoms with Crippen LogP contribution in [0.5, 0.6) is 0 Å². The SMILES string of the molecule is COC(=O)/C=C/C1(C)COC2(OO1)C1CC3CC(C1)CC2C3. The number of hydrogen-bond donors (Lipinski definition) is 0. The maximum atomic E-state index is 11.2. The van der Waals surface area contributed by atoms with Crippen LogP contribution >= 0.6 is 0 Å². The summed E-state index contributed by atoms with van der Waals surface area (Å²) in [6.07, 6.45) is 9.21. The summed E-state index contributed by atoms with van der Waals surface area (Å²) in [4.78, 5) is 22.9. The fourth-order valence-electron chi connectivity index (χ4n) is 5.07. The topological polar surface area (TPSA) is 54.0 Å². The Hall–Kier alpha value is -0.910. The second-order valence-electron chi connectivity index (χ2n) is 7.65. The van der Waals surface area contributed by atoms with Crippen molar-refractivity contribution in [2.75, 3.05) is 13.7 Å². The van der Waals surface area contributed by atoms with Crippen molar-refractivity contribution in [3.8, 4) is 0 Å². The highest BCUT2D eigenvalue weighted by atomic mass is 17.2. The van der Waals surface area contributed by atoms with Gasteiger partial charge in [0.1, 0.15) is 5.60 Å². The van der Waals surface area contributed by atoms with E-state index in [1.807, 2.05) is 6.92 Å². The normalized spacial score (nSPS) is 49.9. The third-order valence-corrected chi connectivity index (χ3v) is 6.00. The molecule has 22 heavy (non-hydrogen) atoms. The molecule has 0 aromatic carbocycles. The molecule has 0 aromatic heterocycles. The first kappa shape index (κ1) is 14.7. The molecule has 0 N–H and O–H groups in total. The first-order valence-corrected chi connectivity index (χ1v) is 8.31. The molecule has 4 bridgehead atoms. The Morgan fingerprint density at radius 2 is 1.73 bits per heavy atom. The van der Waals surface area contributed by atoms with E-state index in [0.29, 0.717) is 18.4 Å². The third-order valence-electron chi connectivity index (χ3n) is 6.00. The predicted molar refractivity (Wildman–Crippen MR) is 77.5 cm³/mol. The monoisotopic (exact) mass is 308 g/mol. The molecule has 0 aromatic rings. The Morgan fingerprint density at radius 3 is 2.23 bits per heavy atom. The zero-order valence-corrected chi connectivity index (χ0v) is 13.2. The minimum atomic E-state index is -0.742. The average molecular weight is 308 g/mol. The van der Waals surface area contributed by atoms with E-state index in [-0.39, 0.29) is 0 Å². The zero-order valence-electron chi connectivity index (χ0n) is 13.2. The molecule has 1 saturated heterocycles. The highest BCUT2D eigenvalue weighted by molar-refractivity contribution is 5.81. The Balaban J connectivity index is 1.47. The minimum absolute atomic E-state index is 0.403. The fourth-order valence-corrected chi connectivity index (χ4v) is 5.07. The number of carbonyl (C=O) groups excluding carboxylic acids is 1. The molecule has 0 radical (unpaired) electrons. The van der Waals surface area contributed by atoms with Crippen LogP contribution in [-0.4, -0.2) is 31.1 Å². The molecule has 1 aliphatic heterocycles. The van der Waals surface area contributed by atoms with Gasteiger partial charge in [-0.05, 0) is 56.9 Å². The number of carbonyl (C=O) groups is 1. The third kappa shape index (κ3) is 2.22. The summed E-state index contributed by atoms with van der Waals surface area (Å²) in [5.74, 6) is 1.67. The van der Waals surface area contributed by atoms with Crippen LogP contribution in [0.2, 0.25) is 0 Å². The number of ether oxygens (including phenoxy) is 2. The maximum Gasteiger partial charge on any atom is 0.330 e. The molecule has 1 heterocycles. The second kappa shape index (κ2) is 5.05. The lowest BCUT2D eigenvalue weighted by molar-refractivity contribution is -0.536. The molecule has 5 heteroatoms. The predicted octanol–water partition coefficient (Wildman–Crippen LogP) is 2.61. The van der Waals surface area contributed by atoms with Crippen molar-refractivity contribution in [1.82, 2.24) is 0 Å². The van der Waals surface area contributed by atoms with Gasteiger partial charge in [0, 0.05) is 17.9 Å². The van der Waals surface area contributed by atoms with Gasteiger partial charge in [-0.2, -0.15) is 4.89 Å². The van der Waals surface area contributed by atoms with Crippen LogP contribution < -0.4 is 0 Å². The first-order valence-electron chi connectivity index (χ1n) is 8.31. The van der Waals surface area contributed by atoms with Crippen molar-refractivity contribution < 1.29 is 24.0 Å². The van der Waals surface area contributed by atoms with Gasteiger partial charge in [-0.15, -0.1) is 0 Å². The van der Waals surface area contributed by atoms with Crippen LogP contribution in [0, 0.1) is 23.7 Å². The lowest BCUT2D eigenvalue weighted by Crippen LogP contribution is -2.64. The van der Waals surface area contributed by atoms with E-state index in [2.05, 4.69) is 4.74 Å². The molecule has 1 unspecified atom stereocenters. The standard InChI is InChI=1S/C17H24O5/c1-16(4-3-15(18)19-2)10-20-17(22-21-16)13-6-11-5-12(8-13)9-14(17)7-11/h3-4,11-14H,5-10H2,1-2H3/b4-3+. The smallest absolute Gasteiger partial charge is 0.330 e. The maximum absolute atomic E-state index is 11.2. The Labute approximate surface area is 130 Å². The molecule has 5 rings (SSSR count). The summed E-state index contributed by atoms with van der Waals surface area (Å²) < 4.78 is 10.9. The molecular weight excluding hydrogens is 284 g/mol. The highest BCUT2D eigenvalue weighted by Gasteiger charge is 2.62. The van der Waals surface area contributed by atoms with Gasteiger partial charge in [0.05, 0.1) is 13.7 Å². The number of methoxy groups -OCH3 is 1. The van der Waals surface area contributed by atoms with Gasteiger partial charge in [0.25, 0.3) is 0 Å². The molecule has 5 aliphatic rings. The van der Waals surface area contributed by atoms with E-state index in [0.717, 1.165) is 11.8 Å². The highest BCUT2D eigenvalue weighted by Crippen LogP contribution is 2.61. The quantitative estimate of drug-likeness (QED) is 0.446. The molecule has 122 valence electrons. The minimum Gasteiger partial charge on any atom is -0.466 e. The van der Waals surface area contributed by atoms with Gasteiger partial charge in [-0.1, -0.05) is 0 Å². The first-order chi connectivity index (χ1) is 10.5. The molecular formula is C17H24O5. The lowest BCUT2D eigenvalue weighted by atomic mass is 9.53. The van der Waals surface area contributed by atoms with Crippen LogP contribution in [0.25, 0.3) is 0 Å². The molecule has 4 saturated carbocycles.